The summed E-state index contributed by atoms with van der Waals surface area (Å²) in [6, 6.07) is 7.08. The largest absolute Gasteiger partial charge is 0.491 e. The Bertz CT molecular complexity index is 858. The van der Waals surface area contributed by atoms with Crippen molar-refractivity contribution in [2.75, 3.05) is 13.2 Å². The van der Waals surface area contributed by atoms with Crippen molar-refractivity contribution in [1.29, 1.82) is 0 Å². The van der Waals surface area contributed by atoms with Crippen LogP contribution in [0.2, 0.25) is 0 Å². The molecular weight excluding hydrogens is 428 g/mol. The minimum atomic E-state index is -0.851. The summed E-state index contributed by atoms with van der Waals surface area (Å²) < 4.78 is 24.7. The summed E-state index contributed by atoms with van der Waals surface area (Å²) in [6.07, 6.45) is 3.05. The summed E-state index contributed by atoms with van der Waals surface area (Å²) >= 11 is 0. The van der Waals surface area contributed by atoms with Crippen LogP contribution < -0.4 is 4.74 Å². The average Bonchev–Trinajstić information content (AvgIpc) is 3.01. The maximum Gasteiger partial charge on any atom is 0.307 e. The van der Waals surface area contributed by atoms with E-state index in [4.69, 9.17) is 33.8 Å². The highest BCUT2D eigenvalue weighted by atomic mass is 17.3. The Labute approximate surface area is 194 Å². The molecule has 8 heteroatoms. The predicted molar refractivity (Wildman–Crippen MR) is 116 cm³/mol. The van der Waals surface area contributed by atoms with Crippen LogP contribution in [0.15, 0.2) is 24.3 Å². The molecule has 8 nitrogen and oxygen atoms in total. The lowest BCUT2D eigenvalue weighted by Gasteiger charge is -2.60. The van der Waals surface area contributed by atoms with E-state index in [0.717, 1.165) is 31.2 Å². The van der Waals surface area contributed by atoms with Crippen LogP contribution in [0, 0.1) is 23.7 Å². The molecule has 1 aromatic rings. The number of hydrogen-bond acceptors (Lipinski definition) is 7. The second kappa shape index (κ2) is 8.82. The molecule has 4 heterocycles. The second-order valence-electron chi connectivity index (χ2n) is 10.2. The van der Waals surface area contributed by atoms with E-state index in [9.17, 15) is 4.79 Å². The maximum absolute atomic E-state index is 10.8. The van der Waals surface area contributed by atoms with Crippen LogP contribution >= 0.6 is 0 Å². The van der Waals surface area contributed by atoms with Crippen LogP contribution in [-0.4, -0.2) is 48.3 Å². The van der Waals surface area contributed by atoms with Crippen LogP contribution in [0.25, 0.3) is 0 Å². The van der Waals surface area contributed by atoms with E-state index in [1.54, 1.807) is 24.3 Å². The molecular formula is C25H34O8. The smallest absolute Gasteiger partial charge is 0.307 e. The van der Waals surface area contributed by atoms with Gasteiger partial charge in [-0.2, -0.15) is 0 Å². The van der Waals surface area contributed by atoms with Gasteiger partial charge >= 0.3 is 5.97 Å². The fraction of sp³-hybridized carbons (Fsp3) is 0.720. The van der Waals surface area contributed by atoms with E-state index < -0.39 is 29.9 Å². The fourth-order valence-corrected chi connectivity index (χ4v) is 6.26. The summed E-state index contributed by atoms with van der Waals surface area (Å²) in [5.41, 5.74) is 0.156. The van der Waals surface area contributed by atoms with Crippen LogP contribution in [-0.2, 0) is 35.2 Å². The second-order valence-corrected chi connectivity index (χ2v) is 10.2. The Morgan fingerprint density at radius 1 is 1.09 bits per heavy atom. The highest BCUT2D eigenvalue weighted by molar-refractivity contribution is 5.70. The third-order valence-corrected chi connectivity index (χ3v) is 8.01. The van der Waals surface area contributed by atoms with Gasteiger partial charge in [0.1, 0.15) is 12.4 Å². The zero-order chi connectivity index (χ0) is 23.2. The number of ether oxygens (including phenoxy) is 4. The van der Waals surface area contributed by atoms with Gasteiger partial charge < -0.3 is 24.1 Å². The van der Waals surface area contributed by atoms with Gasteiger partial charge in [-0.1, -0.05) is 26.0 Å². The van der Waals surface area contributed by atoms with Crippen molar-refractivity contribution in [2.24, 2.45) is 23.7 Å². The Morgan fingerprint density at radius 2 is 1.88 bits per heavy atom. The van der Waals surface area contributed by atoms with Gasteiger partial charge in [0.2, 0.25) is 5.79 Å². The first-order chi connectivity index (χ1) is 15.8. The molecule has 2 bridgehead atoms. The van der Waals surface area contributed by atoms with Crippen LogP contribution in [0.5, 0.6) is 5.75 Å². The molecule has 1 spiro atoms. The molecule has 0 radical (unpaired) electrons. The monoisotopic (exact) mass is 462 g/mol. The summed E-state index contributed by atoms with van der Waals surface area (Å²) in [7, 11) is 0. The van der Waals surface area contributed by atoms with E-state index >= 15 is 0 Å². The molecule has 8 atom stereocenters. The number of rotatable bonds is 7. The first kappa shape index (κ1) is 23.1. The highest BCUT2D eigenvalue weighted by Gasteiger charge is 2.69. The topological polar surface area (TPSA) is 92.7 Å². The van der Waals surface area contributed by atoms with Crippen molar-refractivity contribution in [1.82, 2.24) is 0 Å². The van der Waals surface area contributed by atoms with E-state index in [1.165, 1.54) is 0 Å². The van der Waals surface area contributed by atoms with Gasteiger partial charge in [0, 0.05) is 18.3 Å². The van der Waals surface area contributed by atoms with Crippen LogP contribution in [0.4, 0.5) is 0 Å². The minimum Gasteiger partial charge on any atom is -0.491 e. The molecule has 4 saturated heterocycles. The van der Waals surface area contributed by atoms with Gasteiger partial charge in [0.15, 0.2) is 18.2 Å². The summed E-state index contributed by atoms with van der Waals surface area (Å²) in [6.45, 7) is 7.12. The quantitative estimate of drug-likeness (QED) is 0.482. The average molecular weight is 463 g/mol. The van der Waals surface area contributed by atoms with E-state index in [-0.39, 0.29) is 18.3 Å². The predicted octanol–water partition coefficient (Wildman–Crippen LogP) is 3.92. The van der Waals surface area contributed by atoms with E-state index in [0.29, 0.717) is 30.8 Å². The molecule has 5 fully saturated rings. The van der Waals surface area contributed by atoms with Crippen LogP contribution in [0.1, 0.15) is 52.0 Å². The number of carbonyl (C=O) groups is 1. The first-order valence-corrected chi connectivity index (χ1v) is 12.1. The number of carboxylic acid groups (broad SMARTS) is 1. The van der Waals surface area contributed by atoms with E-state index in [2.05, 4.69) is 13.8 Å². The van der Waals surface area contributed by atoms with Crippen molar-refractivity contribution in [2.45, 2.75) is 76.8 Å². The van der Waals surface area contributed by atoms with Crippen molar-refractivity contribution in [3.05, 3.63) is 29.8 Å². The zero-order valence-electron chi connectivity index (χ0n) is 19.5. The maximum atomic E-state index is 10.8. The van der Waals surface area contributed by atoms with Gasteiger partial charge in [-0.25, -0.2) is 9.78 Å². The van der Waals surface area contributed by atoms with Crippen molar-refractivity contribution < 1.29 is 38.6 Å². The molecule has 5 aliphatic rings. The Kier molecular flexibility index (Phi) is 6.16. The lowest BCUT2D eigenvalue weighted by atomic mass is 9.58. The summed E-state index contributed by atoms with van der Waals surface area (Å²) in [4.78, 5) is 22.8. The third kappa shape index (κ3) is 4.17. The molecule has 1 unspecified atom stereocenters. The third-order valence-electron chi connectivity index (χ3n) is 8.01. The molecule has 1 aliphatic carbocycles. The van der Waals surface area contributed by atoms with Gasteiger partial charge in [-0.15, -0.1) is 0 Å². The Balaban J connectivity index is 1.21. The molecule has 33 heavy (non-hydrogen) atoms. The van der Waals surface area contributed by atoms with Gasteiger partial charge in [0.05, 0.1) is 13.0 Å². The SMILES string of the molecule is C[C@H]1[C@@H](OCCOc2ccc(CC(=O)O)cc2)O[C@@H]2O[C@@]3(C)CCC4[C@H](C)CC[C@@H]1[C@]42OO3. The molecule has 0 aromatic heterocycles. The summed E-state index contributed by atoms with van der Waals surface area (Å²) in [5.74, 6) is 0.251. The molecule has 182 valence electrons. The van der Waals surface area contributed by atoms with Crippen LogP contribution in [0.3, 0.4) is 0 Å². The highest BCUT2D eigenvalue weighted by Crippen LogP contribution is 2.60. The normalized spacial score (nSPS) is 41.8. The number of hydrogen-bond donors (Lipinski definition) is 1. The van der Waals surface area contributed by atoms with E-state index in [1.807, 2.05) is 6.92 Å². The molecule has 1 aromatic carbocycles. The van der Waals surface area contributed by atoms with Crippen molar-refractivity contribution >= 4 is 5.97 Å². The lowest BCUT2D eigenvalue weighted by Crippen LogP contribution is -2.70. The molecule has 1 saturated carbocycles. The number of carboxylic acids is 1. The number of aliphatic carboxylic acids is 1. The summed E-state index contributed by atoms with van der Waals surface area (Å²) in [5, 5.41) is 8.88. The minimum absolute atomic E-state index is 0.000368. The number of benzene rings is 1. The zero-order valence-corrected chi connectivity index (χ0v) is 19.5. The van der Waals surface area contributed by atoms with Crippen molar-refractivity contribution in [3.8, 4) is 5.75 Å². The standard InChI is InChI=1S/C25H34O8/c1-15-4-9-20-16(2)22(29-13-12-28-18-7-5-17(6-8-18)14-21(26)27)30-23-25(20)19(15)10-11-24(3,31-23)32-33-25/h5-8,15-16,19-20,22-23H,4,9-14H2,1-3H3,(H,26,27)/t15-,16-,19?,20+,22+,23-,24-,25-/m1/s1. The molecule has 1 N–H and O–H groups in total. The first-order valence-electron chi connectivity index (χ1n) is 12.1. The Hall–Kier alpha value is -1.71. The van der Waals surface area contributed by atoms with Crippen molar-refractivity contribution in [3.63, 3.8) is 0 Å². The van der Waals surface area contributed by atoms with Gasteiger partial charge in [-0.3, -0.25) is 4.79 Å². The molecule has 6 rings (SSSR count). The Morgan fingerprint density at radius 3 is 2.64 bits per heavy atom. The molecule has 4 aliphatic heterocycles. The lowest BCUT2D eigenvalue weighted by molar-refractivity contribution is -0.577. The number of fused-ring (bicyclic) bond motifs is 2. The van der Waals surface area contributed by atoms with Gasteiger partial charge in [0.25, 0.3) is 0 Å². The van der Waals surface area contributed by atoms with Gasteiger partial charge in [-0.05, 0) is 55.7 Å². The fourth-order valence-electron chi connectivity index (χ4n) is 6.26. The molecule has 0 amide bonds.